The number of morpholine rings is 1. The summed E-state index contributed by atoms with van der Waals surface area (Å²) in [5.41, 5.74) is -1.18. The molecular weight excluding hydrogens is 381 g/mol. The average Bonchev–Trinajstić information content (AvgIpc) is 3.25. The summed E-state index contributed by atoms with van der Waals surface area (Å²) in [4.78, 5) is 27.0. The minimum atomic E-state index is -4.67. The predicted molar refractivity (Wildman–Crippen MR) is 90.8 cm³/mol. The Morgan fingerprint density at radius 3 is 2.54 bits per heavy atom. The van der Waals surface area contributed by atoms with Gasteiger partial charge in [0.1, 0.15) is 11.4 Å². The highest BCUT2D eigenvalue weighted by Crippen LogP contribution is 2.28. The van der Waals surface area contributed by atoms with Crippen LogP contribution in [0.15, 0.2) is 12.3 Å². The molecule has 1 fully saturated rings. The molecule has 3 rings (SSSR count). The number of nitrogens with zero attached hydrogens (tertiary/aromatic N) is 5. The first-order valence-corrected chi connectivity index (χ1v) is 8.57. The van der Waals surface area contributed by atoms with Crippen LogP contribution in [-0.2, 0) is 24.5 Å². The number of amides is 2. The van der Waals surface area contributed by atoms with Crippen molar-refractivity contribution < 1.29 is 27.5 Å². The van der Waals surface area contributed by atoms with Crippen molar-refractivity contribution in [2.75, 3.05) is 31.6 Å². The van der Waals surface area contributed by atoms with Crippen LogP contribution in [0.2, 0.25) is 0 Å². The fraction of sp³-hybridized carbons (Fsp3) is 0.500. The van der Waals surface area contributed by atoms with Gasteiger partial charge in [-0.25, -0.2) is 0 Å². The molecule has 28 heavy (non-hydrogen) atoms. The second kappa shape index (κ2) is 7.62. The van der Waals surface area contributed by atoms with E-state index in [9.17, 15) is 22.8 Å². The number of hydrogen-bond acceptors (Lipinski definition) is 5. The van der Waals surface area contributed by atoms with Crippen LogP contribution in [0.1, 0.15) is 33.6 Å². The van der Waals surface area contributed by atoms with Crippen molar-refractivity contribution in [2.45, 2.75) is 19.6 Å². The van der Waals surface area contributed by atoms with Crippen LogP contribution in [0.25, 0.3) is 0 Å². The highest BCUT2D eigenvalue weighted by molar-refractivity contribution is 6.07. The topological polar surface area (TPSA) is 94.3 Å². The largest absolute Gasteiger partial charge is 0.435 e. The van der Waals surface area contributed by atoms with Gasteiger partial charge in [-0.2, -0.15) is 23.4 Å². The molecule has 0 radical (unpaired) electrons. The molecule has 0 saturated carbocycles. The number of aryl methyl sites for hydroxylation is 2. The molecule has 1 saturated heterocycles. The van der Waals surface area contributed by atoms with Crippen molar-refractivity contribution in [3.05, 3.63) is 29.3 Å². The lowest BCUT2D eigenvalue weighted by molar-refractivity contribution is -0.141. The standard InChI is InChI=1S/C16H19F3N6O3/c1-3-25-13(15(27)24-4-6-28-7-5-24)10(9-20-25)21-14(26)11-8-12(16(17,18)19)22-23(11)2/h8-9H,3-7H2,1-2H3,(H,21,26). The molecule has 0 aliphatic carbocycles. The maximum absolute atomic E-state index is 12.9. The van der Waals surface area contributed by atoms with E-state index >= 15 is 0 Å². The summed E-state index contributed by atoms with van der Waals surface area (Å²) in [5, 5.41) is 9.88. The molecule has 1 aliphatic heterocycles. The zero-order valence-electron chi connectivity index (χ0n) is 15.3. The number of ether oxygens (including phenoxy) is 1. The van der Waals surface area contributed by atoms with Crippen molar-refractivity contribution in [1.82, 2.24) is 24.5 Å². The third kappa shape index (κ3) is 3.86. The van der Waals surface area contributed by atoms with Gasteiger partial charge in [-0.15, -0.1) is 0 Å². The molecular formula is C16H19F3N6O3. The Hall–Kier alpha value is -2.89. The number of nitrogens with one attached hydrogen (secondary N) is 1. The molecule has 1 N–H and O–H groups in total. The molecule has 3 heterocycles. The molecule has 12 heteroatoms. The van der Waals surface area contributed by atoms with Crippen molar-refractivity contribution in [3.63, 3.8) is 0 Å². The van der Waals surface area contributed by atoms with E-state index in [1.807, 2.05) is 0 Å². The van der Waals surface area contributed by atoms with Crippen LogP contribution in [-0.4, -0.2) is 62.6 Å². The number of aromatic nitrogens is 4. The summed E-state index contributed by atoms with van der Waals surface area (Å²) in [7, 11) is 1.24. The van der Waals surface area contributed by atoms with Gasteiger partial charge in [0, 0.05) is 32.7 Å². The number of hydrogen-bond donors (Lipinski definition) is 1. The Labute approximate surface area is 158 Å². The van der Waals surface area contributed by atoms with Crippen LogP contribution in [0.4, 0.5) is 18.9 Å². The lowest BCUT2D eigenvalue weighted by atomic mass is 10.2. The maximum atomic E-state index is 12.9. The lowest BCUT2D eigenvalue weighted by Gasteiger charge is -2.27. The van der Waals surface area contributed by atoms with E-state index in [1.54, 1.807) is 11.8 Å². The molecule has 0 spiro atoms. The monoisotopic (exact) mass is 400 g/mol. The Balaban J connectivity index is 1.87. The molecule has 2 aromatic rings. The normalized spacial score (nSPS) is 15.0. The first-order valence-electron chi connectivity index (χ1n) is 8.57. The van der Waals surface area contributed by atoms with Gasteiger partial charge in [0.2, 0.25) is 0 Å². The fourth-order valence-corrected chi connectivity index (χ4v) is 2.86. The lowest BCUT2D eigenvalue weighted by Crippen LogP contribution is -2.41. The van der Waals surface area contributed by atoms with Gasteiger partial charge in [-0.1, -0.05) is 0 Å². The first-order chi connectivity index (χ1) is 13.2. The zero-order valence-corrected chi connectivity index (χ0v) is 15.3. The summed E-state index contributed by atoms with van der Waals surface area (Å²) in [6.45, 7) is 3.78. The molecule has 0 bridgehead atoms. The van der Waals surface area contributed by atoms with Crippen molar-refractivity contribution in [3.8, 4) is 0 Å². The summed E-state index contributed by atoms with van der Waals surface area (Å²) >= 11 is 0. The predicted octanol–water partition coefficient (Wildman–Crippen LogP) is 1.38. The molecule has 2 amide bonds. The summed E-state index contributed by atoms with van der Waals surface area (Å²) < 4.78 is 45.9. The van der Waals surface area contributed by atoms with Crippen LogP contribution >= 0.6 is 0 Å². The molecule has 1 aliphatic rings. The fourth-order valence-electron chi connectivity index (χ4n) is 2.86. The van der Waals surface area contributed by atoms with Crippen LogP contribution in [0.3, 0.4) is 0 Å². The number of halogens is 3. The maximum Gasteiger partial charge on any atom is 0.435 e. The van der Waals surface area contributed by atoms with E-state index < -0.39 is 17.8 Å². The van der Waals surface area contributed by atoms with Crippen LogP contribution in [0.5, 0.6) is 0 Å². The Morgan fingerprint density at radius 2 is 1.96 bits per heavy atom. The van der Waals surface area contributed by atoms with E-state index in [2.05, 4.69) is 15.5 Å². The second-order valence-electron chi connectivity index (χ2n) is 6.12. The van der Waals surface area contributed by atoms with Gasteiger partial charge in [0.05, 0.1) is 25.1 Å². The average molecular weight is 400 g/mol. The summed E-state index contributed by atoms with van der Waals surface area (Å²) in [6.07, 6.45) is -3.36. The molecule has 0 aromatic carbocycles. The van der Waals surface area contributed by atoms with Gasteiger partial charge in [0.25, 0.3) is 11.8 Å². The number of carbonyl (C=O) groups excluding carboxylic acids is 2. The van der Waals surface area contributed by atoms with Crippen molar-refractivity contribution in [1.29, 1.82) is 0 Å². The van der Waals surface area contributed by atoms with Gasteiger partial charge in [-0.05, 0) is 6.92 Å². The van der Waals surface area contributed by atoms with E-state index in [0.717, 1.165) is 4.68 Å². The Bertz CT molecular complexity index is 883. The Kier molecular flexibility index (Phi) is 5.40. The Morgan fingerprint density at radius 1 is 1.29 bits per heavy atom. The molecule has 0 unspecified atom stereocenters. The highest BCUT2D eigenvalue weighted by Gasteiger charge is 2.35. The van der Waals surface area contributed by atoms with E-state index in [4.69, 9.17) is 4.74 Å². The zero-order chi connectivity index (χ0) is 20.5. The van der Waals surface area contributed by atoms with Crippen molar-refractivity contribution in [2.24, 2.45) is 7.05 Å². The van der Waals surface area contributed by atoms with Crippen LogP contribution < -0.4 is 5.32 Å². The van der Waals surface area contributed by atoms with Gasteiger partial charge in [0.15, 0.2) is 5.69 Å². The van der Waals surface area contributed by atoms with Crippen molar-refractivity contribution >= 4 is 17.5 Å². The van der Waals surface area contributed by atoms with E-state index in [-0.39, 0.29) is 23.0 Å². The molecule has 2 aromatic heterocycles. The third-order valence-corrected chi connectivity index (χ3v) is 4.29. The molecule has 9 nitrogen and oxygen atoms in total. The smallest absolute Gasteiger partial charge is 0.378 e. The number of carbonyl (C=O) groups is 2. The highest BCUT2D eigenvalue weighted by atomic mass is 19.4. The van der Waals surface area contributed by atoms with Gasteiger partial charge in [-0.3, -0.25) is 19.0 Å². The second-order valence-corrected chi connectivity index (χ2v) is 6.12. The SMILES string of the molecule is CCn1ncc(NC(=O)c2cc(C(F)(F)F)nn2C)c1C(=O)N1CCOCC1. The van der Waals surface area contributed by atoms with Gasteiger partial charge < -0.3 is 15.0 Å². The summed E-state index contributed by atoms with van der Waals surface area (Å²) in [6, 6.07) is 0.656. The number of alkyl halides is 3. The molecule has 0 atom stereocenters. The minimum absolute atomic E-state index is 0.123. The first kappa shape index (κ1) is 19.9. The van der Waals surface area contributed by atoms with Gasteiger partial charge >= 0.3 is 6.18 Å². The third-order valence-electron chi connectivity index (χ3n) is 4.29. The summed E-state index contributed by atoms with van der Waals surface area (Å²) in [5.74, 6) is -1.16. The van der Waals surface area contributed by atoms with E-state index in [1.165, 1.54) is 17.9 Å². The number of rotatable bonds is 4. The minimum Gasteiger partial charge on any atom is -0.378 e. The number of anilines is 1. The molecule has 152 valence electrons. The van der Waals surface area contributed by atoms with E-state index in [0.29, 0.717) is 38.9 Å². The quantitative estimate of drug-likeness (QED) is 0.837. The van der Waals surface area contributed by atoms with Crippen LogP contribution in [0, 0.1) is 0 Å².